The van der Waals surface area contributed by atoms with Crippen LogP contribution in [0, 0.1) is 11.8 Å². The maximum Gasteiger partial charge on any atom is 0.698 e. The van der Waals surface area contributed by atoms with Gasteiger partial charge < -0.3 is 0 Å². The Hall–Kier alpha value is -2.20. The van der Waals surface area contributed by atoms with E-state index >= 15 is 0 Å². The number of ketones is 2. The predicted molar refractivity (Wildman–Crippen MR) is 136 cm³/mol. The molecule has 5 nitrogen and oxygen atoms in total. The van der Waals surface area contributed by atoms with Crippen LogP contribution in [0.25, 0.3) is 0 Å². The summed E-state index contributed by atoms with van der Waals surface area (Å²) >= 11 is 0. The van der Waals surface area contributed by atoms with E-state index in [2.05, 4.69) is 24.3 Å². The Labute approximate surface area is 205 Å². The summed E-state index contributed by atoms with van der Waals surface area (Å²) in [5.74, 6) is -0.497. The lowest BCUT2D eigenvalue weighted by Gasteiger charge is -2.09. The topological polar surface area (TPSA) is 69.7 Å². The van der Waals surface area contributed by atoms with Crippen LogP contribution >= 0.6 is 8.25 Å². The monoisotopic (exact) mass is 485 g/mol. The van der Waals surface area contributed by atoms with E-state index in [4.69, 9.17) is 9.05 Å². The van der Waals surface area contributed by atoms with Gasteiger partial charge in [-0.05, 0) is 49.7 Å². The fourth-order valence-corrected chi connectivity index (χ4v) is 4.26. The molecule has 184 valence electrons. The molecule has 0 spiro atoms. The van der Waals surface area contributed by atoms with Crippen LogP contribution in [0.2, 0.25) is 0 Å². The molecule has 0 aliphatic rings. The van der Waals surface area contributed by atoms with Gasteiger partial charge in [0.15, 0.2) is 24.8 Å². The molecule has 0 amide bonds. The number of rotatable bonds is 18. The second-order valence-electron chi connectivity index (χ2n) is 8.97. The van der Waals surface area contributed by atoms with Gasteiger partial charge in [-0.1, -0.05) is 87.4 Å². The molecule has 0 saturated heterocycles. The fraction of sp³-hybridized carbons (Fsp3) is 0.500. The largest absolute Gasteiger partial charge is 0.698 e. The van der Waals surface area contributed by atoms with Gasteiger partial charge in [0.2, 0.25) is 0 Å². The average Bonchev–Trinajstić information content (AvgIpc) is 2.87. The number of benzene rings is 2. The fourth-order valence-electron chi connectivity index (χ4n) is 3.73. The maximum atomic E-state index is 12.2. The molecule has 0 unspecified atom stereocenters. The van der Waals surface area contributed by atoms with Crippen molar-refractivity contribution in [3.63, 3.8) is 0 Å². The second-order valence-corrected chi connectivity index (χ2v) is 9.93. The highest BCUT2D eigenvalue weighted by Gasteiger charge is 2.27. The number of unbranched alkanes of at least 4 members (excludes halogenated alkanes) is 2. The first-order chi connectivity index (χ1) is 16.5. The first kappa shape index (κ1) is 28.0. The SMILES string of the molecule is C[C@@H](CCCCc1ccccc1)C(=O)CO[P+](=O)OCC(=O)[C@@H](C)CCCCc1ccccc1. The van der Waals surface area contributed by atoms with Crippen molar-refractivity contribution in [1.82, 2.24) is 0 Å². The van der Waals surface area contributed by atoms with Crippen LogP contribution in [0.3, 0.4) is 0 Å². The lowest BCUT2D eigenvalue weighted by Crippen LogP contribution is -2.18. The zero-order chi connectivity index (χ0) is 24.6. The number of hydrogen-bond acceptors (Lipinski definition) is 5. The van der Waals surface area contributed by atoms with E-state index < -0.39 is 8.25 Å². The van der Waals surface area contributed by atoms with E-state index in [1.807, 2.05) is 50.2 Å². The number of aryl methyl sites for hydroxylation is 2. The Morgan fingerprint density at radius 1 is 0.676 bits per heavy atom. The lowest BCUT2D eigenvalue weighted by atomic mass is 9.98. The molecule has 2 aromatic carbocycles. The van der Waals surface area contributed by atoms with Crippen molar-refractivity contribution in [3.05, 3.63) is 71.8 Å². The molecule has 2 aromatic rings. The molecule has 34 heavy (non-hydrogen) atoms. The molecule has 0 aliphatic carbocycles. The molecule has 0 saturated carbocycles. The molecule has 0 bridgehead atoms. The lowest BCUT2D eigenvalue weighted by molar-refractivity contribution is -0.125. The highest BCUT2D eigenvalue weighted by Crippen LogP contribution is 2.25. The third kappa shape index (κ3) is 11.8. The second kappa shape index (κ2) is 16.4. The Morgan fingerprint density at radius 2 is 1.06 bits per heavy atom. The Morgan fingerprint density at radius 3 is 1.44 bits per heavy atom. The minimum absolute atomic E-state index is 0.0928. The Kier molecular flexibility index (Phi) is 13.6. The minimum atomic E-state index is -2.48. The number of hydrogen-bond donors (Lipinski definition) is 0. The highest BCUT2D eigenvalue weighted by atomic mass is 31.1. The summed E-state index contributed by atoms with van der Waals surface area (Å²) in [5.41, 5.74) is 2.60. The van der Waals surface area contributed by atoms with Crippen molar-refractivity contribution >= 4 is 19.8 Å². The van der Waals surface area contributed by atoms with Gasteiger partial charge in [-0.15, -0.1) is 9.05 Å². The standard InChI is InChI=1S/C28H38O5P/c1-23(13-9-11-19-25-15-5-3-6-16-25)27(29)21-32-34(31)33-22-28(30)24(2)14-10-12-20-26-17-7-4-8-18-26/h3-8,15-18,23-24H,9-14,19-22H2,1-2H3/q+1/t23-,24-/m0/s1. The van der Waals surface area contributed by atoms with Crippen LogP contribution in [0.4, 0.5) is 0 Å². The van der Waals surface area contributed by atoms with Crippen molar-refractivity contribution in [3.8, 4) is 0 Å². The van der Waals surface area contributed by atoms with Gasteiger partial charge in [-0.2, -0.15) is 0 Å². The van der Waals surface area contributed by atoms with E-state index in [0.29, 0.717) is 0 Å². The summed E-state index contributed by atoms with van der Waals surface area (Å²) in [6, 6.07) is 20.6. The van der Waals surface area contributed by atoms with Crippen molar-refractivity contribution in [2.45, 2.75) is 65.2 Å². The summed E-state index contributed by atoms with van der Waals surface area (Å²) in [5, 5.41) is 0. The molecule has 6 heteroatoms. The summed E-state index contributed by atoms with van der Waals surface area (Å²) in [7, 11) is -2.48. The van der Waals surface area contributed by atoms with Crippen molar-refractivity contribution in [2.24, 2.45) is 11.8 Å². The summed E-state index contributed by atoms with van der Waals surface area (Å²) in [6.07, 6.45) is 7.47. The first-order valence-electron chi connectivity index (χ1n) is 12.3. The van der Waals surface area contributed by atoms with Crippen LogP contribution in [0.15, 0.2) is 60.7 Å². The average molecular weight is 486 g/mol. The zero-order valence-electron chi connectivity index (χ0n) is 20.5. The Bertz CT molecular complexity index is 797. The van der Waals surface area contributed by atoms with Crippen LogP contribution < -0.4 is 0 Å². The number of carbonyl (C=O) groups is 2. The first-order valence-corrected chi connectivity index (χ1v) is 13.4. The Balaban J connectivity index is 1.51. The van der Waals surface area contributed by atoms with Crippen molar-refractivity contribution in [1.29, 1.82) is 0 Å². The van der Waals surface area contributed by atoms with Gasteiger partial charge in [0.1, 0.15) is 0 Å². The van der Waals surface area contributed by atoms with Gasteiger partial charge in [0.25, 0.3) is 0 Å². The molecule has 0 N–H and O–H groups in total. The maximum absolute atomic E-state index is 12.2. The van der Waals surface area contributed by atoms with Crippen molar-refractivity contribution < 1.29 is 23.2 Å². The van der Waals surface area contributed by atoms with Gasteiger partial charge in [-0.3, -0.25) is 9.59 Å². The minimum Gasteiger partial charge on any atom is -0.297 e. The van der Waals surface area contributed by atoms with Gasteiger partial charge in [-0.25, -0.2) is 0 Å². The summed E-state index contributed by atoms with van der Waals surface area (Å²) < 4.78 is 22.1. The van der Waals surface area contributed by atoms with E-state index in [0.717, 1.165) is 51.4 Å². The van der Waals surface area contributed by atoms with E-state index in [1.165, 1.54) is 11.1 Å². The van der Waals surface area contributed by atoms with Gasteiger partial charge >= 0.3 is 8.25 Å². The van der Waals surface area contributed by atoms with Crippen LogP contribution in [0.5, 0.6) is 0 Å². The third-order valence-corrected chi connectivity index (χ3v) is 6.79. The normalized spacial score (nSPS) is 12.8. The number of carbonyl (C=O) groups excluding carboxylic acids is 2. The summed E-state index contributed by atoms with van der Waals surface area (Å²) in [6.45, 7) is 3.23. The quantitative estimate of drug-likeness (QED) is 0.169. The molecular weight excluding hydrogens is 447 g/mol. The smallest absolute Gasteiger partial charge is 0.297 e. The molecule has 2 atom stereocenters. The van der Waals surface area contributed by atoms with Crippen LogP contribution in [0.1, 0.15) is 63.5 Å². The van der Waals surface area contributed by atoms with E-state index in [1.54, 1.807) is 0 Å². The highest BCUT2D eigenvalue weighted by molar-refractivity contribution is 7.33. The molecule has 0 heterocycles. The van der Waals surface area contributed by atoms with Gasteiger partial charge in [0.05, 0.1) is 0 Å². The van der Waals surface area contributed by atoms with Crippen LogP contribution in [-0.2, 0) is 36.0 Å². The van der Waals surface area contributed by atoms with E-state index in [-0.39, 0.29) is 36.6 Å². The third-order valence-electron chi connectivity index (χ3n) is 6.11. The molecule has 0 aromatic heterocycles. The molecule has 0 fully saturated rings. The molecule has 0 radical (unpaired) electrons. The predicted octanol–water partition coefficient (Wildman–Crippen LogP) is 6.91. The molecule has 0 aliphatic heterocycles. The zero-order valence-corrected chi connectivity index (χ0v) is 21.4. The number of Topliss-reactive ketones (excluding diaryl/α,β-unsaturated/α-hetero) is 2. The summed E-state index contributed by atoms with van der Waals surface area (Å²) in [4.78, 5) is 24.5. The van der Waals surface area contributed by atoms with Crippen molar-refractivity contribution in [2.75, 3.05) is 13.2 Å². The van der Waals surface area contributed by atoms with E-state index in [9.17, 15) is 14.2 Å². The van der Waals surface area contributed by atoms with Crippen LogP contribution in [-0.4, -0.2) is 24.8 Å². The van der Waals surface area contributed by atoms with Gasteiger partial charge in [0, 0.05) is 16.4 Å². The molecule has 2 rings (SSSR count). The molecular formula is C28H38O5P+.